The van der Waals surface area contributed by atoms with E-state index in [1.807, 2.05) is 0 Å². The van der Waals surface area contributed by atoms with Gasteiger partial charge in [-0.15, -0.1) is 0 Å². The van der Waals surface area contributed by atoms with Gasteiger partial charge in [0.25, 0.3) is 11.6 Å². The molecule has 1 atom stereocenters. The first kappa shape index (κ1) is 22.9. The van der Waals surface area contributed by atoms with Crippen LogP contribution in [0.4, 0.5) is 11.4 Å². The summed E-state index contributed by atoms with van der Waals surface area (Å²) in [4.78, 5) is 51.4. The predicted octanol–water partition coefficient (Wildman–Crippen LogP) is 4.74. The van der Waals surface area contributed by atoms with E-state index in [4.69, 9.17) is 4.74 Å². The first-order chi connectivity index (χ1) is 16.3. The molecule has 0 fully saturated rings. The number of nitro benzene ring substituents is 1. The zero-order valence-corrected chi connectivity index (χ0v) is 18.9. The van der Waals surface area contributed by atoms with E-state index in [2.05, 4.69) is 26.2 Å². The van der Waals surface area contributed by atoms with Crippen molar-refractivity contribution in [2.45, 2.75) is 6.10 Å². The molecule has 0 aliphatic rings. The standard InChI is InChI=1S/C24H16BrN3O6/c25-18-12-15(28(32)33)10-11-20(18)27-23(30)22(14-6-2-1-3-7-14)34-24(31)17-13-21(29)26-19-9-5-4-8-16(17)19/h1-13,22H,(H,26,29)(H,27,30). The molecule has 9 nitrogen and oxygen atoms in total. The number of H-pyrrole nitrogens is 1. The second-order valence-corrected chi connectivity index (χ2v) is 8.05. The van der Waals surface area contributed by atoms with Crippen LogP contribution in [0, 0.1) is 10.1 Å². The minimum atomic E-state index is -1.35. The fraction of sp³-hybridized carbons (Fsp3) is 0.0417. The van der Waals surface area contributed by atoms with Gasteiger partial charge in [0, 0.05) is 39.1 Å². The lowest BCUT2D eigenvalue weighted by molar-refractivity contribution is -0.384. The monoisotopic (exact) mass is 521 g/mol. The van der Waals surface area contributed by atoms with Crippen molar-refractivity contribution in [3.63, 3.8) is 0 Å². The summed E-state index contributed by atoms with van der Waals surface area (Å²) in [5.41, 5.74) is 0.495. The number of esters is 1. The lowest BCUT2D eigenvalue weighted by Crippen LogP contribution is -2.26. The second-order valence-electron chi connectivity index (χ2n) is 7.20. The molecule has 0 bridgehead atoms. The lowest BCUT2D eigenvalue weighted by atomic mass is 10.1. The minimum Gasteiger partial charge on any atom is -0.444 e. The van der Waals surface area contributed by atoms with E-state index >= 15 is 0 Å². The largest absolute Gasteiger partial charge is 0.444 e. The van der Waals surface area contributed by atoms with E-state index in [1.54, 1.807) is 54.6 Å². The summed E-state index contributed by atoms with van der Waals surface area (Å²) >= 11 is 3.21. The van der Waals surface area contributed by atoms with Crippen molar-refractivity contribution in [3.8, 4) is 0 Å². The Labute approximate surface area is 200 Å². The summed E-state index contributed by atoms with van der Waals surface area (Å²) in [6.07, 6.45) is -1.35. The van der Waals surface area contributed by atoms with Crippen LogP contribution in [0.2, 0.25) is 0 Å². The molecule has 3 aromatic carbocycles. The number of ether oxygens (including phenoxy) is 1. The number of non-ortho nitro benzene ring substituents is 1. The summed E-state index contributed by atoms with van der Waals surface area (Å²) in [5.74, 6) is -1.53. The van der Waals surface area contributed by atoms with Crippen molar-refractivity contribution in [2.75, 3.05) is 5.32 Å². The van der Waals surface area contributed by atoms with Crippen LogP contribution in [0.25, 0.3) is 10.9 Å². The number of nitro groups is 1. The van der Waals surface area contributed by atoms with E-state index < -0.39 is 28.5 Å². The van der Waals surface area contributed by atoms with Crippen LogP contribution in [-0.4, -0.2) is 21.8 Å². The third-order valence-corrected chi connectivity index (χ3v) is 5.61. The molecule has 1 aromatic heterocycles. The van der Waals surface area contributed by atoms with Crippen LogP contribution in [-0.2, 0) is 9.53 Å². The number of aromatic amines is 1. The Kier molecular flexibility index (Phi) is 6.51. The third-order valence-electron chi connectivity index (χ3n) is 4.96. The van der Waals surface area contributed by atoms with Gasteiger partial charge in [0.1, 0.15) is 0 Å². The molecule has 0 aliphatic heterocycles. The number of hydrogen-bond donors (Lipinski definition) is 2. The maximum atomic E-state index is 13.2. The van der Waals surface area contributed by atoms with Gasteiger partial charge in [-0.1, -0.05) is 48.5 Å². The first-order valence-corrected chi connectivity index (χ1v) is 10.8. The van der Waals surface area contributed by atoms with Gasteiger partial charge < -0.3 is 15.0 Å². The average Bonchev–Trinajstić information content (AvgIpc) is 2.83. The van der Waals surface area contributed by atoms with Crippen LogP contribution < -0.4 is 10.9 Å². The molecule has 0 saturated heterocycles. The number of rotatable bonds is 6. The molecular weight excluding hydrogens is 506 g/mol. The van der Waals surface area contributed by atoms with E-state index in [9.17, 15) is 24.5 Å². The fourth-order valence-corrected chi connectivity index (χ4v) is 3.83. The second kappa shape index (κ2) is 9.67. The zero-order chi connectivity index (χ0) is 24.2. The summed E-state index contributed by atoms with van der Waals surface area (Å²) in [5, 5.41) is 14.1. The van der Waals surface area contributed by atoms with Crippen LogP contribution in [0.1, 0.15) is 22.0 Å². The predicted molar refractivity (Wildman–Crippen MR) is 129 cm³/mol. The number of amides is 1. The zero-order valence-electron chi connectivity index (χ0n) is 17.4. The molecule has 1 heterocycles. The summed E-state index contributed by atoms with van der Waals surface area (Å²) in [7, 11) is 0. The van der Waals surface area contributed by atoms with Crippen molar-refractivity contribution in [3.05, 3.63) is 115 Å². The first-order valence-electron chi connectivity index (χ1n) is 9.96. The molecule has 0 saturated carbocycles. The highest BCUT2D eigenvalue weighted by molar-refractivity contribution is 9.10. The number of benzene rings is 3. The molecule has 170 valence electrons. The summed E-state index contributed by atoms with van der Waals surface area (Å²) in [6.45, 7) is 0. The SMILES string of the molecule is O=C(OC(C(=O)Nc1ccc([N+](=O)[O-])cc1Br)c1ccccc1)c1cc(=O)[nH]c2ccccc12. The van der Waals surface area contributed by atoms with Crippen molar-refractivity contribution in [1.29, 1.82) is 0 Å². The molecule has 0 spiro atoms. The van der Waals surface area contributed by atoms with E-state index in [-0.39, 0.29) is 21.4 Å². The highest BCUT2D eigenvalue weighted by Crippen LogP contribution is 2.29. The fourth-order valence-electron chi connectivity index (χ4n) is 3.36. The van der Waals surface area contributed by atoms with Gasteiger partial charge >= 0.3 is 5.97 Å². The number of halogens is 1. The molecule has 4 rings (SSSR count). The van der Waals surface area contributed by atoms with Crippen molar-refractivity contribution in [1.82, 2.24) is 4.98 Å². The Hall–Kier alpha value is -4.31. The summed E-state index contributed by atoms with van der Waals surface area (Å²) < 4.78 is 5.88. The molecule has 0 aliphatic carbocycles. The number of pyridine rings is 1. The Morgan fingerprint density at radius 2 is 1.71 bits per heavy atom. The van der Waals surface area contributed by atoms with Gasteiger partial charge in [0.15, 0.2) is 0 Å². The Bertz CT molecular complexity index is 1470. The highest BCUT2D eigenvalue weighted by atomic mass is 79.9. The Morgan fingerprint density at radius 1 is 1.00 bits per heavy atom. The highest BCUT2D eigenvalue weighted by Gasteiger charge is 2.27. The normalized spacial score (nSPS) is 11.6. The number of nitrogens with zero attached hydrogens (tertiary/aromatic N) is 1. The number of nitrogens with one attached hydrogen (secondary N) is 2. The van der Waals surface area contributed by atoms with E-state index in [0.29, 0.717) is 16.5 Å². The number of aromatic nitrogens is 1. The number of fused-ring (bicyclic) bond motifs is 1. The minimum absolute atomic E-state index is 0.0181. The number of para-hydroxylation sites is 1. The number of carbonyl (C=O) groups is 2. The molecule has 0 radical (unpaired) electrons. The van der Waals surface area contributed by atoms with Gasteiger partial charge in [-0.05, 0) is 28.1 Å². The molecule has 1 amide bonds. The van der Waals surface area contributed by atoms with Crippen molar-refractivity contribution >= 4 is 50.1 Å². The molecular formula is C24H16BrN3O6. The Balaban J connectivity index is 1.67. The van der Waals surface area contributed by atoms with E-state index in [0.717, 1.165) is 6.07 Å². The molecule has 4 aromatic rings. The van der Waals surface area contributed by atoms with Crippen LogP contribution in [0.15, 0.2) is 88.1 Å². The van der Waals surface area contributed by atoms with Crippen LogP contribution >= 0.6 is 15.9 Å². The van der Waals surface area contributed by atoms with Crippen molar-refractivity contribution < 1.29 is 19.2 Å². The third kappa shape index (κ3) is 4.86. The molecule has 2 N–H and O–H groups in total. The van der Waals surface area contributed by atoms with E-state index in [1.165, 1.54) is 18.2 Å². The average molecular weight is 522 g/mol. The van der Waals surface area contributed by atoms with Crippen LogP contribution in [0.5, 0.6) is 0 Å². The molecule has 1 unspecified atom stereocenters. The quantitative estimate of drug-likeness (QED) is 0.214. The van der Waals surface area contributed by atoms with Gasteiger partial charge in [-0.3, -0.25) is 19.7 Å². The Morgan fingerprint density at radius 3 is 2.41 bits per heavy atom. The molecule has 34 heavy (non-hydrogen) atoms. The molecule has 10 heteroatoms. The van der Waals surface area contributed by atoms with Gasteiger partial charge in [0.2, 0.25) is 11.7 Å². The van der Waals surface area contributed by atoms with Crippen molar-refractivity contribution in [2.24, 2.45) is 0 Å². The van der Waals surface area contributed by atoms with Gasteiger partial charge in [0.05, 0.1) is 16.2 Å². The van der Waals surface area contributed by atoms with Gasteiger partial charge in [-0.2, -0.15) is 0 Å². The number of anilines is 1. The smallest absolute Gasteiger partial charge is 0.340 e. The topological polar surface area (TPSA) is 131 Å². The lowest BCUT2D eigenvalue weighted by Gasteiger charge is -2.19. The maximum absolute atomic E-state index is 13.2. The van der Waals surface area contributed by atoms with Crippen LogP contribution in [0.3, 0.4) is 0 Å². The summed E-state index contributed by atoms with van der Waals surface area (Å²) in [6, 6.07) is 20.1. The van der Waals surface area contributed by atoms with Gasteiger partial charge in [-0.25, -0.2) is 4.79 Å². The number of carbonyl (C=O) groups excluding carboxylic acids is 2. The number of hydrogen-bond acceptors (Lipinski definition) is 6. The maximum Gasteiger partial charge on any atom is 0.340 e.